The predicted molar refractivity (Wildman–Crippen MR) is 268 cm³/mol. The van der Waals surface area contributed by atoms with Gasteiger partial charge in [-0.2, -0.15) is 0 Å². The quantitative estimate of drug-likeness (QED) is 0.0101. The molecule has 7 N–H and O–H groups in total. The van der Waals surface area contributed by atoms with Crippen molar-refractivity contribution in [3.8, 4) is 0 Å². The highest BCUT2D eigenvalue weighted by molar-refractivity contribution is 7.47. The molecule has 0 bridgehead atoms. The number of carbonyl (C=O) groups excluding carboxylic acids is 2. The second-order valence-corrected chi connectivity index (χ2v) is 17.8. The van der Waals surface area contributed by atoms with Crippen LogP contribution in [-0.2, 0) is 32.7 Å². The van der Waals surface area contributed by atoms with E-state index in [2.05, 4.69) is 98.9 Å². The first kappa shape index (κ1) is 62.2. The lowest BCUT2D eigenvalue weighted by Crippen LogP contribution is -2.64. The number of aliphatic hydroxyl groups is 6. The summed E-state index contributed by atoms with van der Waals surface area (Å²) in [7, 11) is -5.19. The third-order valence-corrected chi connectivity index (χ3v) is 11.4. The lowest BCUT2D eigenvalue weighted by molar-refractivity contribution is -0.220. The van der Waals surface area contributed by atoms with Crippen LogP contribution in [0.3, 0.4) is 0 Å². The molecule has 0 radical (unpaired) electrons. The molecule has 0 aromatic carbocycles. The highest BCUT2D eigenvalue weighted by atomic mass is 31.2. The molecular weight excluding hydrogens is 892 g/mol. The van der Waals surface area contributed by atoms with E-state index in [4.69, 9.17) is 18.5 Å². The summed E-state index contributed by atoms with van der Waals surface area (Å²) in [4.78, 5) is 35.8. The van der Waals surface area contributed by atoms with Gasteiger partial charge in [-0.15, -0.1) is 0 Å². The van der Waals surface area contributed by atoms with Gasteiger partial charge in [-0.05, 0) is 89.9 Å². The van der Waals surface area contributed by atoms with Gasteiger partial charge in [0.05, 0.1) is 12.7 Å². The Hall–Kier alpha value is -3.79. The Bertz CT molecular complexity index is 1660. The van der Waals surface area contributed by atoms with E-state index in [-0.39, 0.29) is 19.3 Å². The summed E-state index contributed by atoms with van der Waals surface area (Å²) in [6.07, 6.45) is 41.2. The number of hydrogen-bond acceptors (Lipinski definition) is 13. The second kappa shape index (κ2) is 41.0. The number of hydrogen-bond donors (Lipinski definition) is 7. The smallest absolute Gasteiger partial charge is 0.462 e. The summed E-state index contributed by atoms with van der Waals surface area (Å²) in [5.41, 5.74) is 0. The van der Waals surface area contributed by atoms with Crippen molar-refractivity contribution in [2.24, 2.45) is 0 Å². The van der Waals surface area contributed by atoms with Crippen LogP contribution in [0, 0.1) is 0 Å². The number of phosphoric ester groups is 1. The van der Waals surface area contributed by atoms with E-state index in [1.165, 1.54) is 19.3 Å². The summed E-state index contributed by atoms with van der Waals surface area (Å²) < 4.78 is 33.4. The van der Waals surface area contributed by atoms with Crippen molar-refractivity contribution in [2.75, 3.05) is 13.2 Å². The van der Waals surface area contributed by atoms with E-state index in [1.54, 1.807) is 24.3 Å². The molecule has 0 heterocycles. The maximum Gasteiger partial charge on any atom is 0.472 e. The predicted octanol–water partition coefficient (Wildman–Crippen LogP) is 9.14. The number of carbonyl (C=O) groups is 2. The number of ether oxygens (including phenoxy) is 2. The number of aliphatic hydroxyl groups excluding tert-OH is 6. The molecule has 0 aliphatic heterocycles. The molecule has 0 aromatic rings. The Kier molecular flexibility index (Phi) is 37.6. The van der Waals surface area contributed by atoms with Gasteiger partial charge in [-0.3, -0.25) is 18.6 Å². The van der Waals surface area contributed by atoms with Crippen LogP contribution in [0.5, 0.6) is 0 Å². The van der Waals surface area contributed by atoms with Gasteiger partial charge in [0.15, 0.2) is 6.10 Å². The van der Waals surface area contributed by atoms with E-state index >= 15 is 0 Å². The zero-order valence-corrected chi connectivity index (χ0v) is 41.3. The molecule has 9 atom stereocenters. The lowest BCUT2D eigenvalue weighted by Gasteiger charge is -2.41. The van der Waals surface area contributed by atoms with Crippen molar-refractivity contribution in [3.05, 3.63) is 122 Å². The molecule has 0 spiro atoms. The van der Waals surface area contributed by atoms with E-state index < -0.39 is 81.8 Å². The SMILES string of the molecule is CC/C=C\C/C=C\C/C=C\C/C=C\C=C/C(O)C/C=C\CCC(=O)O[C@H](COC(=O)CCCCC/C=C\C/C=C\C/C=C\C/C=C\CCCCC)COP(=O)(O)OC1[C@H](O)[C@H](O)C(O)[C@H](O)[C@H]1O. The zero-order valence-electron chi connectivity index (χ0n) is 40.5. The van der Waals surface area contributed by atoms with Crippen LogP contribution in [0.2, 0.25) is 0 Å². The molecule has 1 aliphatic rings. The van der Waals surface area contributed by atoms with E-state index in [0.717, 1.165) is 70.6 Å². The van der Waals surface area contributed by atoms with Crippen LogP contribution in [0.25, 0.3) is 0 Å². The van der Waals surface area contributed by atoms with Crippen LogP contribution in [0.15, 0.2) is 122 Å². The van der Waals surface area contributed by atoms with Gasteiger partial charge < -0.3 is 45.0 Å². The molecule has 0 saturated heterocycles. The van der Waals surface area contributed by atoms with Crippen molar-refractivity contribution >= 4 is 19.8 Å². The van der Waals surface area contributed by atoms with Gasteiger partial charge in [-0.25, -0.2) is 4.57 Å². The van der Waals surface area contributed by atoms with Crippen molar-refractivity contribution in [2.45, 2.75) is 185 Å². The molecule has 384 valence electrons. The van der Waals surface area contributed by atoms with Gasteiger partial charge in [0.1, 0.15) is 43.2 Å². The average molecular weight is 975 g/mol. The van der Waals surface area contributed by atoms with Gasteiger partial charge in [-0.1, -0.05) is 155 Å². The van der Waals surface area contributed by atoms with Crippen LogP contribution >= 0.6 is 7.82 Å². The average Bonchev–Trinajstić information content (AvgIpc) is 3.32. The van der Waals surface area contributed by atoms with Crippen molar-refractivity contribution < 1.29 is 68.2 Å². The topological polar surface area (TPSA) is 230 Å². The summed E-state index contributed by atoms with van der Waals surface area (Å²) >= 11 is 0. The summed E-state index contributed by atoms with van der Waals surface area (Å²) in [6.45, 7) is 2.97. The molecule has 0 amide bonds. The number of rotatable bonds is 38. The Morgan fingerprint density at radius 2 is 1.04 bits per heavy atom. The first-order chi connectivity index (χ1) is 32.8. The minimum atomic E-state index is -5.19. The van der Waals surface area contributed by atoms with Crippen LogP contribution in [0.4, 0.5) is 0 Å². The molecule has 15 heteroatoms. The summed E-state index contributed by atoms with van der Waals surface area (Å²) in [6, 6.07) is 0. The summed E-state index contributed by atoms with van der Waals surface area (Å²) in [5, 5.41) is 60.5. The lowest BCUT2D eigenvalue weighted by atomic mass is 9.85. The molecule has 68 heavy (non-hydrogen) atoms. The van der Waals surface area contributed by atoms with Gasteiger partial charge in [0, 0.05) is 12.8 Å². The molecular formula is C53H83O14P. The van der Waals surface area contributed by atoms with Gasteiger partial charge in [0.25, 0.3) is 0 Å². The first-order valence-corrected chi connectivity index (χ1v) is 25.9. The molecule has 1 rings (SSSR count). The molecule has 4 unspecified atom stereocenters. The van der Waals surface area contributed by atoms with Crippen LogP contribution in [0.1, 0.15) is 136 Å². The fourth-order valence-corrected chi connectivity index (χ4v) is 7.41. The first-order valence-electron chi connectivity index (χ1n) is 24.4. The fourth-order valence-electron chi connectivity index (χ4n) is 6.44. The molecule has 1 fully saturated rings. The minimum Gasteiger partial charge on any atom is -0.462 e. The van der Waals surface area contributed by atoms with Crippen molar-refractivity contribution in [1.82, 2.24) is 0 Å². The molecule has 14 nitrogen and oxygen atoms in total. The Balaban J connectivity index is 2.57. The Morgan fingerprint density at radius 1 is 0.544 bits per heavy atom. The Morgan fingerprint density at radius 3 is 1.60 bits per heavy atom. The van der Waals surface area contributed by atoms with Gasteiger partial charge in [0.2, 0.25) is 0 Å². The highest BCUT2D eigenvalue weighted by Crippen LogP contribution is 2.47. The van der Waals surface area contributed by atoms with Crippen molar-refractivity contribution in [1.29, 1.82) is 0 Å². The number of allylic oxidation sites excluding steroid dienone is 18. The molecule has 1 aliphatic carbocycles. The van der Waals surface area contributed by atoms with Crippen LogP contribution in [-0.4, -0.2) is 110 Å². The maximum atomic E-state index is 12.8. The normalized spacial score (nSPS) is 22.5. The third-order valence-electron chi connectivity index (χ3n) is 10.4. The summed E-state index contributed by atoms with van der Waals surface area (Å²) in [5.74, 6) is -1.33. The van der Waals surface area contributed by atoms with E-state index in [9.17, 15) is 49.7 Å². The van der Waals surface area contributed by atoms with E-state index in [1.807, 2.05) is 12.2 Å². The van der Waals surface area contributed by atoms with Crippen LogP contribution < -0.4 is 0 Å². The monoisotopic (exact) mass is 975 g/mol. The molecule has 0 aromatic heterocycles. The largest absolute Gasteiger partial charge is 0.472 e. The minimum absolute atomic E-state index is 0.0843. The van der Waals surface area contributed by atoms with Crippen molar-refractivity contribution in [3.63, 3.8) is 0 Å². The molecule has 1 saturated carbocycles. The van der Waals surface area contributed by atoms with Gasteiger partial charge >= 0.3 is 19.8 Å². The number of unbranched alkanes of at least 4 members (excludes halogenated alkanes) is 6. The van der Waals surface area contributed by atoms with E-state index in [0.29, 0.717) is 12.8 Å². The number of esters is 2. The second-order valence-electron chi connectivity index (χ2n) is 16.4. The Labute approximate surface area is 406 Å². The highest BCUT2D eigenvalue weighted by Gasteiger charge is 2.51. The standard InChI is InChI=1S/C53H83O14P/c1-3-5-7-9-11-13-15-17-18-19-20-21-22-24-26-28-30-32-36-40-46(55)64-42-45(43-65-68(62,63)67-53-51(60)49(58)48(57)50(59)52(53)61)66-47(56)41-37-33-35-39-44(54)38-34-31-29-27-25-23-16-14-12-10-8-6-4-2/h6,8,11-14,17-18,20-21,23-26,29,31,33-35,38,44-45,48-54,57-61H,3-5,7,9-10,15-16,19,22,27-28,30,32,36-37,39-43H2,1-2H3,(H,62,63)/b8-6-,13-11-,14-12-,18-17-,21-20-,25-23-,26-24-,31-29-,35-33-,38-34-/t44?,45-,48?,49-,50+,51-,52-,53?/m1/s1. The maximum absolute atomic E-state index is 12.8. The zero-order chi connectivity index (χ0) is 50.1. The number of phosphoric acid groups is 1. The third kappa shape index (κ3) is 32.9. The fraction of sp³-hybridized carbons (Fsp3) is 0.585.